The molecule has 0 saturated carbocycles. The predicted molar refractivity (Wildman–Crippen MR) is 181 cm³/mol. The van der Waals surface area contributed by atoms with Crippen LogP contribution in [0.5, 0.6) is 5.88 Å². The lowest BCUT2D eigenvalue weighted by Gasteiger charge is -2.41. The van der Waals surface area contributed by atoms with Gasteiger partial charge in [-0.05, 0) is 73.2 Å². The van der Waals surface area contributed by atoms with Crippen molar-refractivity contribution in [1.29, 1.82) is 0 Å². The first-order valence-corrected chi connectivity index (χ1v) is 17.4. The monoisotopic (exact) mass is 658 g/mol. The Morgan fingerprint density at radius 3 is 2.70 bits per heavy atom. The lowest BCUT2D eigenvalue weighted by atomic mass is 9.84. The minimum atomic E-state index is -3.39. The SMILES string of the molecule is CC[C@@H]1CN(Cc2cc([C@H](CC(=O)NCc3nccn3C)c3ccc4c(nnn4CC)c3C)ccc2C)S(O)(O)c2cccnc2O1. The molecule has 0 bridgehead atoms. The molecule has 2 aromatic carbocycles. The van der Waals surface area contributed by atoms with Gasteiger partial charge in [-0.25, -0.2) is 14.6 Å². The number of carbonyl (C=O) groups is 1. The second kappa shape index (κ2) is 13.4. The fraction of sp³-hybridized carbons (Fsp3) is 0.382. The van der Waals surface area contributed by atoms with E-state index in [0.717, 1.165) is 44.7 Å². The molecule has 3 aromatic heterocycles. The minimum Gasteiger partial charge on any atom is -0.472 e. The number of rotatable bonds is 10. The molecule has 1 aliphatic heterocycles. The maximum Gasteiger partial charge on any atom is 0.239 e. The van der Waals surface area contributed by atoms with Crippen molar-refractivity contribution in [1.82, 2.24) is 39.2 Å². The quantitative estimate of drug-likeness (QED) is 0.171. The van der Waals surface area contributed by atoms with Crippen molar-refractivity contribution in [3.63, 3.8) is 0 Å². The summed E-state index contributed by atoms with van der Waals surface area (Å²) in [5.74, 6) is 0.623. The molecular weight excluding hydrogens is 616 g/mol. The van der Waals surface area contributed by atoms with Crippen LogP contribution in [0.25, 0.3) is 11.0 Å². The second-order valence-corrected chi connectivity index (χ2v) is 14.0. The van der Waals surface area contributed by atoms with E-state index in [1.807, 2.05) is 62.3 Å². The highest BCUT2D eigenvalue weighted by Gasteiger charge is 2.36. The summed E-state index contributed by atoms with van der Waals surface area (Å²) < 4.78 is 34.7. The lowest BCUT2D eigenvalue weighted by molar-refractivity contribution is -0.121. The summed E-state index contributed by atoms with van der Waals surface area (Å²) in [6.45, 7) is 9.71. The van der Waals surface area contributed by atoms with Gasteiger partial charge in [0.05, 0.1) is 18.6 Å². The summed E-state index contributed by atoms with van der Waals surface area (Å²) in [6, 6.07) is 13.6. The van der Waals surface area contributed by atoms with Crippen LogP contribution in [0.2, 0.25) is 0 Å². The highest BCUT2D eigenvalue weighted by molar-refractivity contribution is 8.22. The van der Waals surface area contributed by atoms with Gasteiger partial charge in [0.15, 0.2) is 0 Å². The Hall–Kier alpha value is -4.30. The minimum absolute atomic E-state index is 0.106. The largest absolute Gasteiger partial charge is 0.472 e. The normalized spacial score (nSPS) is 17.5. The zero-order valence-corrected chi connectivity index (χ0v) is 28.2. The Morgan fingerprint density at radius 1 is 1.13 bits per heavy atom. The van der Waals surface area contributed by atoms with E-state index < -0.39 is 10.8 Å². The molecule has 0 aliphatic carbocycles. The van der Waals surface area contributed by atoms with Crippen LogP contribution < -0.4 is 10.1 Å². The first kappa shape index (κ1) is 32.6. The molecule has 47 heavy (non-hydrogen) atoms. The molecule has 3 N–H and O–H groups in total. The van der Waals surface area contributed by atoms with Crippen molar-refractivity contribution in [2.24, 2.45) is 7.05 Å². The first-order valence-electron chi connectivity index (χ1n) is 15.9. The van der Waals surface area contributed by atoms with Gasteiger partial charge in [-0.2, -0.15) is 4.31 Å². The van der Waals surface area contributed by atoms with Gasteiger partial charge in [-0.3, -0.25) is 13.9 Å². The number of fused-ring (bicyclic) bond motifs is 2. The number of amides is 1. The van der Waals surface area contributed by atoms with E-state index >= 15 is 0 Å². The molecule has 0 radical (unpaired) electrons. The molecule has 0 saturated heterocycles. The molecule has 0 fully saturated rings. The molecule has 5 aromatic rings. The number of carbonyl (C=O) groups excluding carboxylic acids is 1. The van der Waals surface area contributed by atoms with E-state index in [2.05, 4.69) is 43.8 Å². The Balaban J connectivity index is 1.37. The third kappa shape index (κ3) is 6.48. The van der Waals surface area contributed by atoms with Gasteiger partial charge in [-0.1, -0.05) is 36.4 Å². The zero-order valence-electron chi connectivity index (χ0n) is 27.4. The second-order valence-electron chi connectivity index (χ2n) is 12.0. The van der Waals surface area contributed by atoms with Crippen molar-refractivity contribution in [2.45, 2.75) is 77.1 Å². The molecule has 6 rings (SSSR count). The molecule has 248 valence electrons. The summed E-state index contributed by atoms with van der Waals surface area (Å²) in [6.07, 6.45) is 5.78. The predicted octanol–water partition coefficient (Wildman–Crippen LogP) is 5.73. The van der Waals surface area contributed by atoms with Gasteiger partial charge in [-0.15, -0.1) is 15.9 Å². The number of imidazole rings is 1. The van der Waals surface area contributed by atoms with Crippen molar-refractivity contribution in [2.75, 3.05) is 6.54 Å². The number of nitrogens with one attached hydrogen (secondary N) is 1. The van der Waals surface area contributed by atoms with E-state index in [-0.39, 0.29) is 41.7 Å². The third-order valence-electron chi connectivity index (χ3n) is 9.07. The van der Waals surface area contributed by atoms with Crippen LogP contribution in [0.3, 0.4) is 0 Å². The van der Waals surface area contributed by atoms with Crippen molar-refractivity contribution < 1.29 is 18.6 Å². The molecular formula is C34H42N8O4S. The van der Waals surface area contributed by atoms with E-state index in [1.54, 1.807) is 28.8 Å². The molecule has 12 nitrogen and oxygen atoms in total. The topological polar surface area (TPSA) is 143 Å². The average molecular weight is 659 g/mol. The number of aromatic nitrogens is 6. The van der Waals surface area contributed by atoms with Crippen molar-refractivity contribution in [3.8, 4) is 5.88 Å². The fourth-order valence-electron chi connectivity index (χ4n) is 6.18. The summed E-state index contributed by atoms with van der Waals surface area (Å²) in [5.41, 5.74) is 6.60. The van der Waals surface area contributed by atoms with Gasteiger partial charge in [0.2, 0.25) is 11.8 Å². The number of ether oxygens (including phenoxy) is 1. The van der Waals surface area contributed by atoms with Crippen molar-refractivity contribution >= 4 is 27.7 Å². The standard InChI is InChI=1S/C34H42N8O4S/c1-6-26-21-41(47(44,45)30-9-8-14-36-34(30)46-26)20-25-17-24(11-10-22(25)3)28(18-32(43)37-19-31-35-15-16-40(31)5)27-12-13-29-33(23(27)4)38-39-42(29)7-2/h8-17,26,28,44-45H,6-7,18-21H2,1-5H3,(H,37,43)/t26-,28+/m1/s1. The zero-order chi connectivity index (χ0) is 33.3. The highest BCUT2D eigenvalue weighted by atomic mass is 32.3. The Labute approximate surface area is 276 Å². The average Bonchev–Trinajstić information content (AvgIpc) is 3.66. The highest BCUT2D eigenvalue weighted by Crippen LogP contribution is 2.57. The van der Waals surface area contributed by atoms with Crippen molar-refractivity contribution in [3.05, 3.63) is 94.7 Å². The van der Waals surface area contributed by atoms with Crippen LogP contribution >= 0.6 is 10.8 Å². The molecule has 0 spiro atoms. The lowest BCUT2D eigenvalue weighted by Crippen LogP contribution is -2.34. The number of hydrogen-bond acceptors (Lipinski definition) is 9. The smallest absolute Gasteiger partial charge is 0.239 e. The Kier molecular flexibility index (Phi) is 9.33. The third-order valence-corrected chi connectivity index (χ3v) is 11.0. The summed E-state index contributed by atoms with van der Waals surface area (Å²) in [7, 11) is -1.49. The number of benzene rings is 2. The van der Waals surface area contributed by atoms with E-state index in [9.17, 15) is 13.9 Å². The first-order chi connectivity index (χ1) is 22.6. The van der Waals surface area contributed by atoms with Gasteiger partial charge in [0.25, 0.3) is 0 Å². The van der Waals surface area contributed by atoms with Gasteiger partial charge < -0.3 is 14.6 Å². The number of pyridine rings is 1. The van der Waals surface area contributed by atoms with Crippen LogP contribution in [0.15, 0.2) is 66.0 Å². The molecule has 2 atom stereocenters. The van der Waals surface area contributed by atoms with E-state index in [1.165, 1.54) is 0 Å². The molecule has 1 amide bonds. The van der Waals surface area contributed by atoms with Gasteiger partial charge in [0.1, 0.15) is 22.3 Å². The van der Waals surface area contributed by atoms with Gasteiger partial charge in [0, 0.05) is 51.1 Å². The summed E-state index contributed by atoms with van der Waals surface area (Å²) >= 11 is 0. The maximum absolute atomic E-state index is 13.5. The summed E-state index contributed by atoms with van der Waals surface area (Å²) in [4.78, 5) is 22.5. The number of aryl methyl sites for hydroxylation is 4. The molecule has 0 unspecified atom stereocenters. The van der Waals surface area contributed by atoms with Crippen LogP contribution in [0.1, 0.15) is 66.2 Å². The van der Waals surface area contributed by atoms with Crippen LogP contribution in [0.4, 0.5) is 0 Å². The van der Waals surface area contributed by atoms with E-state index in [0.29, 0.717) is 26.1 Å². The van der Waals surface area contributed by atoms with Crippen LogP contribution in [0, 0.1) is 13.8 Å². The summed E-state index contributed by atoms with van der Waals surface area (Å²) in [5, 5.41) is 11.9. The Bertz CT molecular complexity index is 1900. The molecule has 1 aliphatic rings. The fourth-order valence-corrected chi connectivity index (χ4v) is 7.74. The molecule has 4 heterocycles. The number of hydrogen-bond donors (Lipinski definition) is 3. The maximum atomic E-state index is 13.5. The number of nitrogens with zero attached hydrogens (tertiary/aromatic N) is 7. The van der Waals surface area contributed by atoms with Crippen LogP contribution in [-0.2, 0) is 31.5 Å². The van der Waals surface area contributed by atoms with E-state index in [4.69, 9.17) is 4.74 Å². The Morgan fingerprint density at radius 2 is 1.96 bits per heavy atom. The molecule has 13 heteroatoms. The van der Waals surface area contributed by atoms with Crippen LogP contribution in [-0.4, -0.2) is 61.5 Å². The van der Waals surface area contributed by atoms with Gasteiger partial charge >= 0.3 is 0 Å².